The second kappa shape index (κ2) is 4.92. The van der Waals surface area contributed by atoms with Gasteiger partial charge in [0, 0.05) is 0 Å². The Morgan fingerprint density at radius 1 is 1.05 bits per heavy atom. The topological polar surface area (TPSA) is 29.4 Å². The van der Waals surface area contributed by atoms with Gasteiger partial charge in [-0.3, -0.25) is 0 Å². The Balaban J connectivity index is 1.61. The SMILES string of the molecule is C=C1CCC2C3CCC4CC(N=O)CCC4(C)C3CCC12C. The van der Waals surface area contributed by atoms with Crippen LogP contribution in [-0.2, 0) is 0 Å². The van der Waals surface area contributed by atoms with Crippen LogP contribution in [0.4, 0.5) is 0 Å². The molecule has 4 saturated carbocycles. The van der Waals surface area contributed by atoms with Crippen molar-refractivity contribution in [3.8, 4) is 0 Å². The van der Waals surface area contributed by atoms with Crippen molar-refractivity contribution < 1.29 is 0 Å². The van der Waals surface area contributed by atoms with E-state index in [4.69, 9.17) is 0 Å². The number of nitrogens with zero attached hydrogens (tertiary/aromatic N) is 1. The van der Waals surface area contributed by atoms with Gasteiger partial charge in [0.05, 0.1) is 6.04 Å². The van der Waals surface area contributed by atoms with Crippen molar-refractivity contribution in [1.29, 1.82) is 0 Å². The molecule has 7 unspecified atom stereocenters. The van der Waals surface area contributed by atoms with Crippen LogP contribution in [0.2, 0.25) is 0 Å². The van der Waals surface area contributed by atoms with Gasteiger partial charge in [-0.25, -0.2) is 0 Å². The molecule has 0 aromatic heterocycles. The van der Waals surface area contributed by atoms with E-state index in [9.17, 15) is 4.91 Å². The summed E-state index contributed by atoms with van der Waals surface area (Å²) in [4.78, 5) is 11.0. The normalized spacial score (nSPS) is 54.3. The predicted molar refractivity (Wildman–Crippen MR) is 90.5 cm³/mol. The van der Waals surface area contributed by atoms with E-state index >= 15 is 0 Å². The van der Waals surface area contributed by atoms with Crippen LogP contribution in [-0.4, -0.2) is 6.04 Å². The maximum Gasteiger partial charge on any atom is 0.0922 e. The van der Waals surface area contributed by atoms with Crippen LogP contribution in [0.25, 0.3) is 0 Å². The number of nitroso groups, excluding NO2 is 1. The lowest BCUT2D eigenvalue weighted by Crippen LogP contribution is -2.53. The van der Waals surface area contributed by atoms with Crippen molar-refractivity contribution in [2.75, 3.05) is 0 Å². The molecule has 2 heteroatoms. The Hall–Kier alpha value is -0.660. The van der Waals surface area contributed by atoms with Crippen LogP contribution in [0.1, 0.15) is 71.6 Å². The van der Waals surface area contributed by atoms with Gasteiger partial charge in [0.2, 0.25) is 0 Å². The van der Waals surface area contributed by atoms with Gasteiger partial charge in [-0.15, -0.1) is 0 Å². The Morgan fingerprint density at radius 2 is 1.86 bits per heavy atom. The molecule has 0 bridgehead atoms. The zero-order chi connectivity index (χ0) is 15.5. The highest BCUT2D eigenvalue weighted by Gasteiger charge is 2.58. The molecular formula is C20H31NO. The molecule has 0 N–H and O–H groups in total. The molecule has 0 radical (unpaired) electrons. The molecule has 0 saturated heterocycles. The molecule has 4 fully saturated rings. The largest absolute Gasteiger partial charge is 0.151 e. The molecule has 22 heavy (non-hydrogen) atoms. The third-order valence-corrected chi connectivity index (χ3v) is 8.74. The van der Waals surface area contributed by atoms with Gasteiger partial charge in [0.15, 0.2) is 0 Å². The molecule has 0 aromatic carbocycles. The smallest absolute Gasteiger partial charge is 0.0922 e. The third-order valence-electron chi connectivity index (χ3n) is 8.74. The molecule has 4 rings (SSSR count). The second-order valence-corrected chi connectivity index (χ2v) is 9.29. The maximum atomic E-state index is 11.0. The van der Waals surface area contributed by atoms with E-state index < -0.39 is 0 Å². The Bertz CT molecular complexity index is 500. The molecular weight excluding hydrogens is 270 g/mol. The fourth-order valence-electron chi connectivity index (χ4n) is 7.24. The minimum atomic E-state index is 0.106. The van der Waals surface area contributed by atoms with Gasteiger partial charge < -0.3 is 0 Å². The summed E-state index contributed by atoms with van der Waals surface area (Å²) in [6.07, 6.45) is 11.5. The second-order valence-electron chi connectivity index (χ2n) is 9.29. The third kappa shape index (κ3) is 1.85. The molecule has 7 atom stereocenters. The van der Waals surface area contributed by atoms with Crippen LogP contribution in [0.3, 0.4) is 0 Å². The van der Waals surface area contributed by atoms with Gasteiger partial charge in [-0.2, -0.15) is 4.91 Å². The molecule has 0 amide bonds. The minimum absolute atomic E-state index is 0.106. The highest BCUT2D eigenvalue weighted by molar-refractivity contribution is 5.21. The summed E-state index contributed by atoms with van der Waals surface area (Å²) >= 11 is 0. The molecule has 4 aliphatic rings. The Kier molecular flexibility index (Phi) is 3.33. The highest BCUT2D eigenvalue weighted by Crippen LogP contribution is 2.67. The van der Waals surface area contributed by atoms with Crippen molar-refractivity contribution in [3.05, 3.63) is 17.1 Å². The van der Waals surface area contributed by atoms with Crippen LogP contribution < -0.4 is 0 Å². The first kappa shape index (κ1) is 14.9. The molecule has 122 valence electrons. The first-order chi connectivity index (χ1) is 10.5. The van der Waals surface area contributed by atoms with Gasteiger partial charge in [0.25, 0.3) is 0 Å². The predicted octanol–water partition coefficient (Wildman–Crippen LogP) is 5.72. The average Bonchev–Trinajstić information content (AvgIpc) is 2.82. The van der Waals surface area contributed by atoms with E-state index in [1.165, 1.54) is 50.5 Å². The van der Waals surface area contributed by atoms with E-state index in [1.807, 2.05) is 0 Å². The van der Waals surface area contributed by atoms with Gasteiger partial charge in [0.1, 0.15) is 0 Å². The van der Waals surface area contributed by atoms with Gasteiger partial charge >= 0.3 is 0 Å². The lowest BCUT2D eigenvalue weighted by atomic mass is 9.45. The zero-order valence-corrected chi connectivity index (χ0v) is 14.3. The number of hydrogen-bond donors (Lipinski definition) is 0. The first-order valence-corrected chi connectivity index (χ1v) is 9.50. The summed E-state index contributed by atoms with van der Waals surface area (Å²) < 4.78 is 0. The van der Waals surface area contributed by atoms with Crippen molar-refractivity contribution >= 4 is 0 Å². The first-order valence-electron chi connectivity index (χ1n) is 9.50. The summed E-state index contributed by atoms with van der Waals surface area (Å²) in [5.74, 6) is 3.44. The lowest BCUT2D eigenvalue weighted by molar-refractivity contribution is -0.0997. The molecule has 4 aliphatic carbocycles. The van der Waals surface area contributed by atoms with E-state index in [1.54, 1.807) is 0 Å². The number of hydrogen-bond acceptors (Lipinski definition) is 2. The molecule has 2 nitrogen and oxygen atoms in total. The van der Waals surface area contributed by atoms with Crippen LogP contribution in [0.5, 0.6) is 0 Å². The fraction of sp³-hybridized carbons (Fsp3) is 0.900. The quantitative estimate of drug-likeness (QED) is 0.450. The highest BCUT2D eigenvalue weighted by atomic mass is 16.3. The standard InChI is InChI=1S/C20H31NO/c1-13-4-7-17-16-6-5-14-12-15(21-22)8-10-20(14,3)18(16)9-11-19(13,17)2/h14-18H,1,4-12H2,2-3H3. The van der Waals surface area contributed by atoms with E-state index in [-0.39, 0.29) is 6.04 Å². The summed E-state index contributed by atoms with van der Waals surface area (Å²) in [6, 6.07) is 0.106. The summed E-state index contributed by atoms with van der Waals surface area (Å²) in [5.41, 5.74) is 2.46. The van der Waals surface area contributed by atoms with Crippen molar-refractivity contribution in [3.63, 3.8) is 0 Å². The summed E-state index contributed by atoms with van der Waals surface area (Å²) in [5, 5.41) is 3.39. The van der Waals surface area contributed by atoms with Gasteiger partial charge in [-0.05, 0) is 92.3 Å². The van der Waals surface area contributed by atoms with Crippen LogP contribution in [0.15, 0.2) is 17.3 Å². The molecule has 0 aromatic rings. The monoisotopic (exact) mass is 301 g/mol. The molecule has 0 heterocycles. The number of rotatable bonds is 1. The van der Waals surface area contributed by atoms with Crippen molar-refractivity contribution in [2.24, 2.45) is 39.7 Å². The number of fused-ring (bicyclic) bond motifs is 5. The summed E-state index contributed by atoms with van der Waals surface area (Å²) in [6.45, 7) is 9.48. The van der Waals surface area contributed by atoms with Gasteiger partial charge in [-0.1, -0.05) is 31.2 Å². The van der Waals surface area contributed by atoms with Crippen LogP contribution in [0, 0.1) is 39.4 Å². The average molecular weight is 301 g/mol. The molecule has 0 spiro atoms. The minimum Gasteiger partial charge on any atom is -0.151 e. The fourth-order valence-corrected chi connectivity index (χ4v) is 7.24. The Morgan fingerprint density at radius 3 is 2.64 bits per heavy atom. The van der Waals surface area contributed by atoms with E-state index in [0.717, 1.165) is 36.5 Å². The maximum absolute atomic E-state index is 11.0. The van der Waals surface area contributed by atoms with E-state index in [0.29, 0.717) is 10.8 Å². The van der Waals surface area contributed by atoms with Crippen molar-refractivity contribution in [1.82, 2.24) is 0 Å². The molecule has 0 aliphatic heterocycles. The zero-order valence-electron chi connectivity index (χ0n) is 14.3. The summed E-state index contributed by atoms with van der Waals surface area (Å²) in [7, 11) is 0. The van der Waals surface area contributed by atoms with Crippen molar-refractivity contribution in [2.45, 2.75) is 77.7 Å². The lowest BCUT2D eigenvalue weighted by Gasteiger charge is -2.60. The van der Waals surface area contributed by atoms with Crippen LogP contribution >= 0.6 is 0 Å². The number of allylic oxidation sites excluding steroid dienone is 1. The Labute approximate surface area is 135 Å². The van der Waals surface area contributed by atoms with E-state index in [2.05, 4.69) is 25.6 Å².